The fourth-order valence-corrected chi connectivity index (χ4v) is 6.56. The Balaban J connectivity index is 2.71. The van der Waals surface area contributed by atoms with E-state index < -0.39 is 8.80 Å². The smallest absolute Gasteiger partial charge is 0.494 e. The largest absolute Gasteiger partial charge is 0.504 e. The molecule has 0 fully saturated rings. The van der Waals surface area contributed by atoms with Gasteiger partial charge in [0.1, 0.15) is 5.75 Å². The van der Waals surface area contributed by atoms with E-state index in [4.69, 9.17) is 22.8 Å². The van der Waals surface area contributed by atoms with E-state index in [9.17, 15) is 4.79 Å². The zero-order valence-corrected chi connectivity index (χ0v) is 20.1. The summed E-state index contributed by atoms with van der Waals surface area (Å²) >= 11 is 0. The molecule has 0 saturated heterocycles. The molecule has 0 radical (unpaired) electrons. The molecule has 7 heteroatoms. The molecule has 1 aromatic carbocycles. The highest BCUT2D eigenvalue weighted by Gasteiger charge is 2.48. The van der Waals surface area contributed by atoms with Gasteiger partial charge in [-0.3, -0.25) is 0 Å². The van der Waals surface area contributed by atoms with Gasteiger partial charge in [0.25, 0.3) is 0 Å². The normalized spacial score (nSPS) is 12.8. The maximum absolute atomic E-state index is 11.4. The first-order chi connectivity index (χ1) is 14.5. The summed E-state index contributed by atoms with van der Waals surface area (Å²) < 4.78 is 29.2. The molecule has 0 saturated carbocycles. The summed E-state index contributed by atoms with van der Waals surface area (Å²) in [7, 11) is -2.75. The van der Waals surface area contributed by atoms with Crippen molar-refractivity contribution >= 4 is 20.8 Å². The highest BCUT2D eigenvalue weighted by atomic mass is 28.4. The molecule has 0 N–H and O–H groups in total. The van der Waals surface area contributed by atoms with Crippen molar-refractivity contribution in [3.8, 4) is 5.75 Å². The molecule has 6 nitrogen and oxygen atoms in total. The minimum Gasteiger partial charge on any atom is -0.494 e. The van der Waals surface area contributed by atoms with Crippen molar-refractivity contribution in [3.63, 3.8) is 0 Å². The third kappa shape index (κ3) is 9.00. The predicted molar refractivity (Wildman–Crippen MR) is 122 cm³/mol. The van der Waals surface area contributed by atoms with E-state index in [1.165, 1.54) is 6.08 Å². The Bertz CT molecular complexity index is 600. The van der Waals surface area contributed by atoms with Gasteiger partial charge in [0, 0.05) is 31.4 Å². The molecular formula is C23H38O6Si. The second kappa shape index (κ2) is 15.2. The van der Waals surface area contributed by atoms with Gasteiger partial charge in [-0.1, -0.05) is 25.5 Å². The first-order valence-electron chi connectivity index (χ1n) is 11.0. The molecule has 170 valence electrons. The van der Waals surface area contributed by atoms with E-state index in [0.717, 1.165) is 30.6 Å². The summed E-state index contributed by atoms with van der Waals surface area (Å²) in [6.07, 6.45) is 5.98. The summed E-state index contributed by atoms with van der Waals surface area (Å²) in [4.78, 5) is 11.4. The van der Waals surface area contributed by atoms with E-state index in [1.54, 1.807) is 13.0 Å². The molecular weight excluding hydrogens is 400 g/mol. The quantitative estimate of drug-likeness (QED) is 0.199. The SMILES string of the molecule is CCCC(CCOc1ccc(C=CC(=O)OCC)cc1)[Si](OCC)(OCC)OCC. The van der Waals surface area contributed by atoms with Crippen LogP contribution in [0.25, 0.3) is 6.08 Å². The number of carbonyl (C=O) groups is 1. The van der Waals surface area contributed by atoms with Crippen molar-refractivity contribution < 1.29 is 27.5 Å². The second-order valence-electron chi connectivity index (χ2n) is 6.68. The van der Waals surface area contributed by atoms with Crippen molar-refractivity contribution in [3.05, 3.63) is 35.9 Å². The Kier molecular flexibility index (Phi) is 13.3. The fourth-order valence-electron chi connectivity index (χ4n) is 3.28. The summed E-state index contributed by atoms with van der Waals surface area (Å²) in [6, 6.07) is 7.62. The Labute approximate surface area is 182 Å². The van der Waals surface area contributed by atoms with Crippen LogP contribution >= 0.6 is 0 Å². The molecule has 0 bridgehead atoms. The van der Waals surface area contributed by atoms with Gasteiger partial charge >= 0.3 is 14.8 Å². The van der Waals surface area contributed by atoms with E-state index in [1.807, 2.05) is 45.0 Å². The van der Waals surface area contributed by atoms with Gasteiger partial charge in [0.2, 0.25) is 0 Å². The minimum absolute atomic E-state index is 0.203. The first kappa shape index (κ1) is 26.4. The molecule has 0 aliphatic carbocycles. The Morgan fingerprint density at radius 2 is 1.50 bits per heavy atom. The molecule has 1 unspecified atom stereocenters. The Morgan fingerprint density at radius 1 is 0.900 bits per heavy atom. The molecule has 0 heterocycles. The molecule has 1 atom stereocenters. The van der Waals surface area contributed by atoms with Crippen LogP contribution in [0.4, 0.5) is 0 Å². The lowest BCUT2D eigenvalue weighted by molar-refractivity contribution is -0.137. The van der Waals surface area contributed by atoms with Crippen LogP contribution in [-0.4, -0.2) is 47.8 Å². The zero-order valence-electron chi connectivity index (χ0n) is 19.1. The molecule has 1 rings (SSSR count). The number of esters is 1. The summed E-state index contributed by atoms with van der Waals surface area (Å²) in [5.74, 6) is 0.445. The lowest BCUT2D eigenvalue weighted by Crippen LogP contribution is -2.50. The number of rotatable bonds is 16. The molecule has 0 aliphatic rings. The van der Waals surface area contributed by atoms with Crippen molar-refractivity contribution in [2.45, 2.75) is 59.4 Å². The maximum Gasteiger partial charge on any atom is 0.504 e. The monoisotopic (exact) mass is 438 g/mol. The third-order valence-electron chi connectivity index (χ3n) is 4.49. The van der Waals surface area contributed by atoms with Gasteiger partial charge in [0.05, 0.1) is 13.2 Å². The number of hydrogen-bond acceptors (Lipinski definition) is 6. The third-order valence-corrected chi connectivity index (χ3v) is 8.14. The maximum atomic E-state index is 11.4. The van der Waals surface area contributed by atoms with Gasteiger partial charge in [-0.25, -0.2) is 4.79 Å². The van der Waals surface area contributed by atoms with Crippen LogP contribution in [0.3, 0.4) is 0 Å². The van der Waals surface area contributed by atoms with Gasteiger partial charge in [-0.2, -0.15) is 0 Å². The Morgan fingerprint density at radius 3 is 2.00 bits per heavy atom. The molecule has 0 spiro atoms. The fraction of sp³-hybridized carbons (Fsp3) is 0.609. The molecule has 0 amide bonds. The molecule has 0 aliphatic heterocycles. The number of benzene rings is 1. The van der Waals surface area contributed by atoms with Crippen LogP contribution in [0.5, 0.6) is 5.75 Å². The zero-order chi connectivity index (χ0) is 22.2. The standard InChI is InChI=1S/C23H38O6Si/c1-6-11-22(30(27-8-3,28-9-4)29-10-5)18-19-26-21-15-12-20(13-16-21)14-17-23(24)25-7-2/h12-17,22H,6-11,18-19H2,1-5H3. The topological polar surface area (TPSA) is 63.2 Å². The van der Waals surface area contributed by atoms with Crippen LogP contribution in [0, 0.1) is 0 Å². The van der Waals surface area contributed by atoms with Crippen LogP contribution in [-0.2, 0) is 22.8 Å². The number of ether oxygens (including phenoxy) is 2. The predicted octanol–water partition coefficient (Wildman–Crippen LogP) is 5.25. The van der Waals surface area contributed by atoms with E-state index >= 15 is 0 Å². The molecule has 30 heavy (non-hydrogen) atoms. The average molecular weight is 439 g/mol. The van der Waals surface area contributed by atoms with E-state index in [-0.39, 0.29) is 11.5 Å². The van der Waals surface area contributed by atoms with Crippen LogP contribution < -0.4 is 4.74 Å². The first-order valence-corrected chi connectivity index (χ1v) is 12.8. The lowest BCUT2D eigenvalue weighted by Gasteiger charge is -2.35. The van der Waals surface area contributed by atoms with E-state index in [2.05, 4.69) is 6.92 Å². The summed E-state index contributed by atoms with van der Waals surface area (Å²) in [5.41, 5.74) is 1.11. The summed E-state index contributed by atoms with van der Waals surface area (Å²) in [6.45, 7) is 12.6. The number of carbonyl (C=O) groups excluding carboxylic acids is 1. The van der Waals surface area contributed by atoms with Crippen LogP contribution in [0.2, 0.25) is 5.54 Å². The number of hydrogen-bond donors (Lipinski definition) is 0. The second-order valence-corrected chi connectivity index (χ2v) is 9.57. The highest BCUT2D eigenvalue weighted by Crippen LogP contribution is 2.33. The van der Waals surface area contributed by atoms with Crippen LogP contribution in [0.15, 0.2) is 30.3 Å². The molecule has 1 aromatic rings. The van der Waals surface area contributed by atoms with Gasteiger partial charge in [-0.15, -0.1) is 0 Å². The van der Waals surface area contributed by atoms with Gasteiger partial charge in [0.15, 0.2) is 0 Å². The van der Waals surface area contributed by atoms with Crippen molar-refractivity contribution in [2.75, 3.05) is 33.0 Å². The average Bonchev–Trinajstić information content (AvgIpc) is 2.73. The summed E-state index contributed by atoms with van der Waals surface area (Å²) in [5, 5.41) is 0. The van der Waals surface area contributed by atoms with Crippen molar-refractivity contribution in [1.82, 2.24) is 0 Å². The van der Waals surface area contributed by atoms with Crippen molar-refractivity contribution in [2.24, 2.45) is 0 Å². The van der Waals surface area contributed by atoms with Crippen LogP contribution in [0.1, 0.15) is 59.4 Å². The lowest BCUT2D eigenvalue weighted by atomic mass is 10.2. The van der Waals surface area contributed by atoms with Crippen molar-refractivity contribution in [1.29, 1.82) is 0 Å². The van der Waals surface area contributed by atoms with Gasteiger partial charge < -0.3 is 22.8 Å². The highest BCUT2D eigenvalue weighted by molar-refractivity contribution is 6.62. The molecule has 0 aromatic heterocycles. The Hall–Kier alpha value is -1.67. The minimum atomic E-state index is -2.75. The van der Waals surface area contributed by atoms with Gasteiger partial charge in [-0.05, 0) is 64.3 Å². The van der Waals surface area contributed by atoms with E-state index in [0.29, 0.717) is 33.0 Å².